The van der Waals surface area contributed by atoms with Gasteiger partial charge in [-0.25, -0.2) is 4.79 Å². The van der Waals surface area contributed by atoms with Gasteiger partial charge in [0.25, 0.3) is 0 Å². The van der Waals surface area contributed by atoms with E-state index in [1.807, 2.05) is 0 Å². The zero-order valence-electron chi connectivity index (χ0n) is 20.1. The number of guanidine groups is 1. The maximum Gasteiger partial charge on any atom is 0.326 e. The van der Waals surface area contributed by atoms with Crippen molar-refractivity contribution in [2.75, 3.05) is 13.1 Å². The van der Waals surface area contributed by atoms with Crippen molar-refractivity contribution in [3.63, 3.8) is 0 Å². The minimum atomic E-state index is -1.52. The minimum absolute atomic E-state index is 0.0695. The van der Waals surface area contributed by atoms with Crippen molar-refractivity contribution >= 4 is 35.6 Å². The fraction of sp³-hybridized carbons (Fsp3) is 0.714. The zero-order chi connectivity index (χ0) is 26.7. The lowest BCUT2D eigenvalue weighted by Gasteiger charge is -2.28. The van der Waals surface area contributed by atoms with Crippen LogP contribution in [0.5, 0.6) is 0 Å². The van der Waals surface area contributed by atoms with E-state index < -0.39 is 66.2 Å². The summed E-state index contributed by atoms with van der Waals surface area (Å²) in [5, 5.41) is 23.3. The maximum absolute atomic E-state index is 12.9. The van der Waals surface area contributed by atoms with Gasteiger partial charge < -0.3 is 42.9 Å². The van der Waals surface area contributed by atoms with Crippen molar-refractivity contribution in [3.05, 3.63) is 0 Å². The van der Waals surface area contributed by atoms with Crippen LogP contribution in [0.1, 0.15) is 52.4 Å². The van der Waals surface area contributed by atoms with Crippen LogP contribution in [0, 0.1) is 5.92 Å². The topological polar surface area (TPSA) is 244 Å². The number of nitrogens with zero attached hydrogens (tertiary/aromatic N) is 2. The number of carbonyl (C=O) groups is 5. The first-order chi connectivity index (χ1) is 16.4. The number of nitrogens with two attached hydrogens (primary N) is 3. The third-order valence-corrected chi connectivity index (χ3v) is 5.91. The summed E-state index contributed by atoms with van der Waals surface area (Å²) >= 11 is 0. The Morgan fingerprint density at radius 1 is 1.14 bits per heavy atom. The molecule has 0 aromatic heterocycles. The molecule has 0 radical (unpaired) electrons. The molecule has 3 amide bonds. The van der Waals surface area contributed by atoms with E-state index in [0.29, 0.717) is 32.2 Å². The molecule has 0 saturated carbocycles. The number of carbonyl (C=O) groups excluding carboxylic acids is 3. The van der Waals surface area contributed by atoms with Gasteiger partial charge in [0, 0.05) is 13.1 Å². The molecule has 198 valence electrons. The van der Waals surface area contributed by atoms with Crippen molar-refractivity contribution < 1.29 is 34.2 Å². The van der Waals surface area contributed by atoms with Crippen LogP contribution in [-0.2, 0) is 24.0 Å². The number of carboxylic acid groups (broad SMARTS) is 2. The summed E-state index contributed by atoms with van der Waals surface area (Å²) in [6.45, 7) is 3.96. The van der Waals surface area contributed by atoms with Crippen LogP contribution in [0.25, 0.3) is 0 Å². The third-order valence-electron chi connectivity index (χ3n) is 5.91. The Kier molecular flexibility index (Phi) is 11.9. The molecule has 0 aromatic carbocycles. The normalized spacial score (nSPS) is 18.6. The van der Waals surface area contributed by atoms with Crippen LogP contribution >= 0.6 is 0 Å². The lowest BCUT2D eigenvalue weighted by molar-refractivity contribution is -0.145. The molecule has 0 aliphatic carbocycles. The predicted octanol–water partition coefficient (Wildman–Crippen LogP) is -2.07. The third kappa shape index (κ3) is 9.39. The highest BCUT2D eigenvalue weighted by Gasteiger charge is 2.38. The molecule has 35 heavy (non-hydrogen) atoms. The smallest absolute Gasteiger partial charge is 0.326 e. The number of aliphatic imine (C=N–C) groups is 1. The standard InChI is InChI=1S/C21H37N7O7/c1-3-11(2)16(20(34)35)27-17(31)13(10-15(29)30)26-18(32)14-7-5-9-28(14)19(33)12(22)6-4-8-25-21(23)24/h11-14,16H,3-10,22H2,1-2H3,(H,26,32)(H,27,31)(H,29,30)(H,34,35)(H4,23,24,25). The summed E-state index contributed by atoms with van der Waals surface area (Å²) in [6.07, 6.45) is 1.28. The Hall–Kier alpha value is -3.42. The fourth-order valence-electron chi connectivity index (χ4n) is 3.75. The highest BCUT2D eigenvalue weighted by Crippen LogP contribution is 2.19. The van der Waals surface area contributed by atoms with Crippen LogP contribution < -0.4 is 27.8 Å². The van der Waals surface area contributed by atoms with Crippen molar-refractivity contribution in [1.29, 1.82) is 0 Å². The van der Waals surface area contributed by atoms with Crippen molar-refractivity contribution in [1.82, 2.24) is 15.5 Å². The molecule has 10 N–H and O–H groups in total. The fourth-order valence-corrected chi connectivity index (χ4v) is 3.75. The maximum atomic E-state index is 12.9. The largest absolute Gasteiger partial charge is 0.481 e. The van der Waals surface area contributed by atoms with Gasteiger partial charge in [-0.1, -0.05) is 20.3 Å². The zero-order valence-corrected chi connectivity index (χ0v) is 20.1. The Morgan fingerprint density at radius 3 is 2.34 bits per heavy atom. The van der Waals surface area contributed by atoms with Crippen LogP contribution in [0.3, 0.4) is 0 Å². The Balaban J connectivity index is 2.87. The molecule has 1 fully saturated rings. The Morgan fingerprint density at radius 2 is 1.80 bits per heavy atom. The molecule has 14 heteroatoms. The van der Waals surface area contributed by atoms with Gasteiger partial charge in [-0.2, -0.15) is 0 Å². The van der Waals surface area contributed by atoms with E-state index in [4.69, 9.17) is 17.2 Å². The molecular weight excluding hydrogens is 462 g/mol. The SMILES string of the molecule is CCC(C)C(NC(=O)C(CC(=O)O)NC(=O)C1CCCN1C(=O)C(N)CCCN=C(N)N)C(=O)O. The Bertz CT molecular complexity index is 816. The Labute approximate surface area is 203 Å². The van der Waals surface area contributed by atoms with Gasteiger partial charge in [-0.3, -0.25) is 24.2 Å². The highest BCUT2D eigenvalue weighted by atomic mass is 16.4. The van der Waals surface area contributed by atoms with E-state index in [2.05, 4.69) is 15.6 Å². The molecule has 1 aliphatic heterocycles. The number of aliphatic carboxylic acids is 2. The molecule has 0 spiro atoms. The predicted molar refractivity (Wildman–Crippen MR) is 126 cm³/mol. The van der Waals surface area contributed by atoms with Crippen molar-refractivity contribution in [2.45, 2.75) is 76.5 Å². The number of hydrogen-bond donors (Lipinski definition) is 7. The lowest BCUT2D eigenvalue weighted by Crippen LogP contribution is -2.57. The average Bonchev–Trinajstić information content (AvgIpc) is 3.27. The molecule has 1 heterocycles. The first-order valence-corrected chi connectivity index (χ1v) is 11.6. The molecule has 0 aromatic rings. The molecule has 1 aliphatic rings. The first kappa shape index (κ1) is 29.6. The van der Waals surface area contributed by atoms with E-state index in [-0.39, 0.29) is 18.9 Å². The molecule has 5 atom stereocenters. The van der Waals surface area contributed by atoms with E-state index in [0.717, 1.165) is 0 Å². The number of carboxylic acids is 2. The highest BCUT2D eigenvalue weighted by molar-refractivity contribution is 5.95. The van der Waals surface area contributed by atoms with Crippen LogP contribution in [0.15, 0.2) is 4.99 Å². The van der Waals surface area contributed by atoms with Gasteiger partial charge in [-0.15, -0.1) is 0 Å². The number of rotatable bonds is 14. The van der Waals surface area contributed by atoms with Gasteiger partial charge in [0.05, 0.1) is 12.5 Å². The minimum Gasteiger partial charge on any atom is -0.481 e. The first-order valence-electron chi connectivity index (χ1n) is 11.6. The quantitative estimate of drug-likeness (QED) is 0.0781. The van der Waals surface area contributed by atoms with E-state index >= 15 is 0 Å². The summed E-state index contributed by atoms with van der Waals surface area (Å²) in [4.78, 5) is 66.4. The van der Waals surface area contributed by atoms with Crippen LogP contribution in [0.4, 0.5) is 0 Å². The van der Waals surface area contributed by atoms with Gasteiger partial charge in [0.15, 0.2) is 5.96 Å². The van der Waals surface area contributed by atoms with Crippen molar-refractivity contribution in [3.8, 4) is 0 Å². The summed E-state index contributed by atoms with van der Waals surface area (Å²) < 4.78 is 0. The summed E-state index contributed by atoms with van der Waals surface area (Å²) in [5.74, 6) is -5.21. The van der Waals surface area contributed by atoms with Gasteiger partial charge in [-0.05, 0) is 31.6 Å². The van der Waals surface area contributed by atoms with E-state index in [9.17, 15) is 34.2 Å². The van der Waals surface area contributed by atoms with Crippen LogP contribution in [0.2, 0.25) is 0 Å². The number of amides is 3. The second kappa shape index (κ2) is 14.1. The monoisotopic (exact) mass is 499 g/mol. The van der Waals surface area contributed by atoms with Gasteiger partial charge in [0.2, 0.25) is 17.7 Å². The lowest BCUT2D eigenvalue weighted by atomic mass is 9.98. The molecule has 5 unspecified atom stereocenters. The number of nitrogens with one attached hydrogen (secondary N) is 2. The van der Waals surface area contributed by atoms with E-state index in [1.54, 1.807) is 13.8 Å². The van der Waals surface area contributed by atoms with E-state index in [1.165, 1.54) is 4.90 Å². The van der Waals surface area contributed by atoms with Gasteiger partial charge >= 0.3 is 11.9 Å². The average molecular weight is 500 g/mol. The molecule has 14 nitrogen and oxygen atoms in total. The van der Waals surface area contributed by atoms with Gasteiger partial charge in [0.1, 0.15) is 18.1 Å². The molecular formula is C21H37N7O7. The second-order valence-corrected chi connectivity index (χ2v) is 8.61. The van der Waals surface area contributed by atoms with Crippen LogP contribution in [-0.4, -0.2) is 88.0 Å². The molecule has 1 saturated heterocycles. The van der Waals surface area contributed by atoms with Crippen molar-refractivity contribution in [2.24, 2.45) is 28.1 Å². The second-order valence-electron chi connectivity index (χ2n) is 8.61. The molecule has 1 rings (SSSR count). The summed E-state index contributed by atoms with van der Waals surface area (Å²) in [5.41, 5.74) is 16.5. The number of hydrogen-bond acceptors (Lipinski definition) is 7. The summed E-state index contributed by atoms with van der Waals surface area (Å²) in [6, 6.07) is -4.58. The summed E-state index contributed by atoms with van der Waals surface area (Å²) in [7, 11) is 0. The molecule has 0 bridgehead atoms. The number of likely N-dealkylation sites (tertiary alicyclic amines) is 1.